The second-order valence-electron chi connectivity index (χ2n) is 7.28. The number of ether oxygens (including phenoxy) is 1. The van der Waals surface area contributed by atoms with Gasteiger partial charge in [0, 0.05) is 25.0 Å². The predicted molar refractivity (Wildman–Crippen MR) is 113 cm³/mol. The number of para-hydroxylation sites is 1. The molecule has 8 heteroatoms. The van der Waals surface area contributed by atoms with E-state index in [9.17, 15) is 13.2 Å². The van der Waals surface area contributed by atoms with E-state index in [1.807, 2.05) is 12.1 Å². The maximum absolute atomic E-state index is 12.7. The van der Waals surface area contributed by atoms with E-state index in [-0.39, 0.29) is 23.1 Å². The van der Waals surface area contributed by atoms with Crippen LogP contribution in [0, 0.1) is 0 Å². The lowest BCUT2D eigenvalue weighted by Crippen LogP contribution is -2.35. The molecule has 158 valence electrons. The fourth-order valence-corrected chi connectivity index (χ4v) is 5.13. The van der Waals surface area contributed by atoms with Crippen LogP contribution in [-0.2, 0) is 16.6 Å². The molecule has 1 aliphatic heterocycles. The molecule has 1 amide bonds. The van der Waals surface area contributed by atoms with E-state index in [1.54, 1.807) is 47.8 Å². The Bertz CT molecular complexity index is 1150. The van der Waals surface area contributed by atoms with Gasteiger partial charge < -0.3 is 14.5 Å². The summed E-state index contributed by atoms with van der Waals surface area (Å²) in [6, 6.07) is 13.7. The summed E-state index contributed by atoms with van der Waals surface area (Å²) in [5, 5.41) is 3.59. The molecule has 0 bridgehead atoms. The minimum atomic E-state index is -3.46. The fraction of sp³-hybridized carbons (Fsp3) is 0.318. The lowest BCUT2D eigenvalue weighted by Gasteiger charge is -2.25. The smallest absolute Gasteiger partial charge is 0.287 e. The lowest BCUT2D eigenvalue weighted by molar-refractivity contribution is 0.0925. The topological polar surface area (TPSA) is 88.8 Å². The predicted octanol–water partition coefficient (Wildman–Crippen LogP) is 3.55. The zero-order valence-corrected chi connectivity index (χ0v) is 17.6. The molecule has 0 radical (unpaired) electrons. The van der Waals surface area contributed by atoms with Crippen LogP contribution in [0.2, 0.25) is 0 Å². The Kier molecular flexibility index (Phi) is 5.78. The molecular weight excluding hydrogens is 404 g/mol. The monoisotopic (exact) mass is 428 g/mol. The molecule has 0 atom stereocenters. The van der Waals surface area contributed by atoms with Gasteiger partial charge in [0.25, 0.3) is 5.91 Å². The van der Waals surface area contributed by atoms with Gasteiger partial charge in [0.1, 0.15) is 0 Å². The number of piperidine rings is 1. The highest BCUT2D eigenvalue weighted by Crippen LogP contribution is 2.28. The quantitative estimate of drug-likeness (QED) is 0.649. The first-order valence-corrected chi connectivity index (χ1v) is 11.4. The Balaban J connectivity index is 1.42. The number of carbonyl (C=O) groups excluding carboxylic acids is 1. The molecule has 0 saturated carbocycles. The number of rotatable bonds is 6. The number of nitrogens with one attached hydrogen (secondary N) is 1. The third-order valence-electron chi connectivity index (χ3n) is 5.28. The highest BCUT2D eigenvalue weighted by molar-refractivity contribution is 7.89. The summed E-state index contributed by atoms with van der Waals surface area (Å²) in [7, 11) is -1.91. The zero-order chi connectivity index (χ0) is 21.1. The van der Waals surface area contributed by atoms with Crippen LogP contribution < -0.4 is 10.1 Å². The Morgan fingerprint density at radius 3 is 2.53 bits per heavy atom. The van der Waals surface area contributed by atoms with Gasteiger partial charge in [-0.05, 0) is 42.7 Å². The van der Waals surface area contributed by atoms with Gasteiger partial charge in [-0.2, -0.15) is 4.31 Å². The number of methoxy groups -OCH3 is 1. The number of amides is 1. The van der Waals surface area contributed by atoms with Crippen molar-refractivity contribution in [2.75, 3.05) is 20.2 Å². The van der Waals surface area contributed by atoms with Crippen LogP contribution in [0.15, 0.2) is 57.8 Å². The van der Waals surface area contributed by atoms with Gasteiger partial charge in [-0.3, -0.25) is 4.79 Å². The van der Waals surface area contributed by atoms with E-state index in [4.69, 9.17) is 9.15 Å². The first-order chi connectivity index (χ1) is 14.5. The summed E-state index contributed by atoms with van der Waals surface area (Å²) in [4.78, 5) is 12.8. The normalized spacial score (nSPS) is 15.2. The molecule has 2 aromatic carbocycles. The molecule has 1 aliphatic rings. The van der Waals surface area contributed by atoms with Crippen LogP contribution in [-0.4, -0.2) is 38.8 Å². The summed E-state index contributed by atoms with van der Waals surface area (Å²) < 4.78 is 37.9. The molecule has 0 aliphatic carbocycles. The van der Waals surface area contributed by atoms with Crippen LogP contribution in [0.3, 0.4) is 0 Å². The van der Waals surface area contributed by atoms with E-state index < -0.39 is 10.0 Å². The molecule has 4 rings (SSSR count). The van der Waals surface area contributed by atoms with Crippen molar-refractivity contribution in [1.29, 1.82) is 0 Å². The number of sulfonamides is 1. The van der Waals surface area contributed by atoms with Gasteiger partial charge >= 0.3 is 0 Å². The number of benzene rings is 2. The highest BCUT2D eigenvalue weighted by Gasteiger charge is 2.25. The highest BCUT2D eigenvalue weighted by atomic mass is 32.2. The Labute approximate surface area is 175 Å². The number of nitrogens with zero attached hydrogens (tertiary/aromatic N) is 1. The third kappa shape index (κ3) is 4.06. The van der Waals surface area contributed by atoms with Crippen LogP contribution in [0.4, 0.5) is 0 Å². The second kappa shape index (κ2) is 8.49. The molecule has 7 nitrogen and oxygen atoms in total. The third-order valence-corrected chi connectivity index (χ3v) is 7.19. The van der Waals surface area contributed by atoms with Gasteiger partial charge in [0.15, 0.2) is 17.1 Å². The van der Waals surface area contributed by atoms with E-state index >= 15 is 0 Å². The minimum absolute atomic E-state index is 0.193. The minimum Gasteiger partial charge on any atom is -0.493 e. The number of hydrogen-bond acceptors (Lipinski definition) is 5. The van der Waals surface area contributed by atoms with Gasteiger partial charge in [-0.15, -0.1) is 0 Å². The largest absolute Gasteiger partial charge is 0.493 e. The zero-order valence-electron chi connectivity index (χ0n) is 16.8. The van der Waals surface area contributed by atoms with Gasteiger partial charge in [-0.1, -0.05) is 30.7 Å². The first-order valence-electron chi connectivity index (χ1n) is 9.93. The lowest BCUT2D eigenvalue weighted by atomic mass is 10.2. The molecule has 0 unspecified atom stereocenters. The molecule has 1 N–H and O–H groups in total. The van der Waals surface area contributed by atoms with Crippen molar-refractivity contribution >= 4 is 26.9 Å². The average Bonchev–Trinajstić information content (AvgIpc) is 3.23. The Morgan fingerprint density at radius 1 is 1.10 bits per heavy atom. The van der Waals surface area contributed by atoms with Crippen LogP contribution in [0.5, 0.6) is 5.75 Å². The van der Waals surface area contributed by atoms with E-state index in [2.05, 4.69) is 5.32 Å². The van der Waals surface area contributed by atoms with Gasteiger partial charge in [-0.25, -0.2) is 8.42 Å². The number of hydrogen-bond donors (Lipinski definition) is 1. The summed E-state index contributed by atoms with van der Waals surface area (Å²) in [6.45, 7) is 1.40. The standard InChI is InChI=1S/C22H24N2O5S/c1-28-19-7-5-6-17-14-20(29-21(17)19)22(25)23-15-16-8-10-18(11-9-16)30(26,27)24-12-3-2-4-13-24/h5-11,14H,2-4,12-13,15H2,1H3,(H,23,25). The number of furan rings is 1. The van der Waals surface area contributed by atoms with Crippen molar-refractivity contribution in [2.24, 2.45) is 0 Å². The van der Waals surface area contributed by atoms with Crippen molar-refractivity contribution in [3.05, 3.63) is 59.9 Å². The maximum Gasteiger partial charge on any atom is 0.287 e. The molecule has 1 aromatic heterocycles. The molecule has 1 fully saturated rings. The first kappa shape index (κ1) is 20.4. The SMILES string of the molecule is COc1cccc2cc(C(=O)NCc3ccc(S(=O)(=O)N4CCCCC4)cc3)oc12. The molecule has 2 heterocycles. The summed E-state index contributed by atoms with van der Waals surface area (Å²) >= 11 is 0. The van der Waals surface area contributed by atoms with E-state index in [0.29, 0.717) is 24.4 Å². The van der Waals surface area contributed by atoms with Crippen molar-refractivity contribution in [3.63, 3.8) is 0 Å². The Hall–Kier alpha value is -2.84. The number of fused-ring (bicyclic) bond motifs is 1. The van der Waals surface area contributed by atoms with Gasteiger partial charge in [0.05, 0.1) is 12.0 Å². The van der Waals surface area contributed by atoms with E-state index in [0.717, 1.165) is 30.2 Å². The molecular formula is C22H24N2O5S. The van der Waals surface area contributed by atoms with Crippen LogP contribution >= 0.6 is 0 Å². The fourth-order valence-electron chi connectivity index (χ4n) is 3.61. The molecule has 0 spiro atoms. The van der Waals surface area contributed by atoms with Crippen molar-refractivity contribution < 1.29 is 22.4 Å². The average molecular weight is 429 g/mol. The summed E-state index contributed by atoms with van der Waals surface area (Å²) in [5.41, 5.74) is 1.33. The van der Waals surface area contributed by atoms with E-state index in [1.165, 1.54) is 0 Å². The number of carbonyl (C=O) groups is 1. The van der Waals surface area contributed by atoms with Crippen LogP contribution in [0.25, 0.3) is 11.0 Å². The molecule has 3 aromatic rings. The van der Waals surface area contributed by atoms with Gasteiger partial charge in [0.2, 0.25) is 10.0 Å². The van der Waals surface area contributed by atoms with Crippen molar-refractivity contribution in [2.45, 2.75) is 30.7 Å². The summed E-state index contributed by atoms with van der Waals surface area (Å²) in [5.74, 6) is 0.411. The maximum atomic E-state index is 12.7. The second-order valence-corrected chi connectivity index (χ2v) is 9.22. The molecule has 30 heavy (non-hydrogen) atoms. The van der Waals surface area contributed by atoms with Crippen LogP contribution in [0.1, 0.15) is 35.4 Å². The van der Waals surface area contributed by atoms with Crippen molar-refractivity contribution in [1.82, 2.24) is 9.62 Å². The van der Waals surface area contributed by atoms with Crippen molar-refractivity contribution in [3.8, 4) is 5.75 Å². The summed E-state index contributed by atoms with van der Waals surface area (Å²) in [6.07, 6.45) is 2.87. The Morgan fingerprint density at radius 2 is 1.83 bits per heavy atom. The molecule has 1 saturated heterocycles.